The molecule has 2 aromatic heterocycles. The van der Waals surface area contributed by atoms with Crippen molar-refractivity contribution in [1.82, 2.24) is 19.5 Å². The van der Waals surface area contributed by atoms with Crippen molar-refractivity contribution in [2.24, 2.45) is 0 Å². The first-order valence-corrected chi connectivity index (χ1v) is 8.02. The molecule has 2 heterocycles. The van der Waals surface area contributed by atoms with Gasteiger partial charge >= 0.3 is 0 Å². The quantitative estimate of drug-likeness (QED) is 0.516. The van der Waals surface area contributed by atoms with E-state index in [1.165, 1.54) is 5.39 Å². The number of hydrogen-bond acceptors (Lipinski definition) is 5. The van der Waals surface area contributed by atoms with Crippen LogP contribution in [-0.2, 0) is 6.54 Å². The fourth-order valence-electron chi connectivity index (χ4n) is 2.90. The number of nitrogens with zero attached hydrogens (tertiary/aromatic N) is 3. The highest BCUT2D eigenvalue weighted by Crippen LogP contribution is 2.17. The standard InChI is InChI=1S/C18H17N5O2/c24-8-7-19-18-21-16-15(17(25)22-18)23(11-20-16)10-12-5-6-13-3-1-2-4-14(13)9-12/h1-6,9,11,24H,7-8,10H2,(H2,19,21,22,25). The molecule has 2 aromatic carbocycles. The number of hydrogen-bond donors (Lipinski definition) is 3. The van der Waals surface area contributed by atoms with Crippen LogP contribution in [-0.4, -0.2) is 37.8 Å². The smallest absolute Gasteiger partial charge is 0.278 e. The van der Waals surface area contributed by atoms with Gasteiger partial charge < -0.3 is 15.0 Å². The zero-order valence-electron chi connectivity index (χ0n) is 13.4. The van der Waals surface area contributed by atoms with Crippen molar-refractivity contribution in [3.8, 4) is 0 Å². The number of anilines is 1. The maximum atomic E-state index is 12.4. The molecule has 0 amide bonds. The van der Waals surface area contributed by atoms with Gasteiger partial charge in [-0.2, -0.15) is 4.98 Å². The maximum Gasteiger partial charge on any atom is 0.278 e. The molecule has 0 aliphatic heterocycles. The van der Waals surface area contributed by atoms with Crippen LogP contribution >= 0.6 is 0 Å². The predicted molar refractivity (Wildman–Crippen MR) is 96.8 cm³/mol. The van der Waals surface area contributed by atoms with Crippen molar-refractivity contribution in [3.05, 3.63) is 64.7 Å². The lowest BCUT2D eigenvalue weighted by Crippen LogP contribution is -2.17. The van der Waals surface area contributed by atoms with E-state index in [0.29, 0.717) is 30.2 Å². The molecule has 0 radical (unpaired) electrons. The summed E-state index contributed by atoms with van der Waals surface area (Å²) in [5, 5.41) is 14.0. The molecule has 126 valence electrons. The molecule has 25 heavy (non-hydrogen) atoms. The molecule has 0 aliphatic rings. The zero-order valence-corrected chi connectivity index (χ0v) is 13.4. The minimum Gasteiger partial charge on any atom is -0.395 e. The Labute approximate surface area is 143 Å². The molecule has 7 heteroatoms. The molecular weight excluding hydrogens is 318 g/mol. The number of fused-ring (bicyclic) bond motifs is 2. The van der Waals surface area contributed by atoms with Gasteiger partial charge in [-0.15, -0.1) is 0 Å². The summed E-state index contributed by atoms with van der Waals surface area (Å²) in [6, 6.07) is 14.4. The molecule has 4 aromatic rings. The molecule has 0 spiro atoms. The van der Waals surface area contributed by atoms with Crippen LogP contribution in [0.3, 0.4) is 0 Å². The van der Waals surface area contributed by atoms with E-state index in [4.69, 9.17) is 5.11 Å². The first-order chi connectivity index (χ1) is 12.2. The summed E-state index contributed by atoms with van der Waals surface area (Å²) in [5.41, 5.74) is 1.64. The average molecular weight is 335 g/mol. The van der Waals surface area contributed by atoms with Gasteiger partial charge in [0.15, 0.2) is 11.2 Å². The van der Waals surface area contributed by atoms with Gasteiger partial charge in [0.1, 0.15) is 0 Å². The van der Waals surface area contributed by atoms with Crippen molar-refractivity contribution >= 4 is 27.9 Å². The number of benzene rings is 2. The number of aromatic nitrogens is 4. The lowest BCUT2D eigenvalue weighted by Gasteiger charge is -2.07. The topological polar surface area (TPSA) is 95.8 Å². The molecule has 0 saturated heterocycles. The van der Waals surface area contributed by atoms with Crippen LogP contribution < -0.4 is 10.9 Å². The van der Waals surface area contributed by atoms with E-state index in [9.17, 15) is 4.79 Å². The number of imidazole rings is 1. The van der Waals surface area contributed by atoms with Gasteiger partial charge in [0.05, 0.1) is 12.9 Å². The van der Waals surface area contributed by atoms with Crippen molar-refractivity contribution < 1.29 is 5.11 Å². The van der Waals surface area contributed by atoms with Crippen LogP contribution in [0.5, 0.6) is 0 Å². The molecule has 0 unspecified atom stereocenters. The molecule has 0 saturated carbocycles. The minimum absolute atomic E-state index is 0.0435. The summed E-state index contributed by atoms with van der Waals surface area (Å²) in [6.45, 7) is 0.805. The number of aliphatic hydroxyl groups excluding tert-OH is 1. The summed E-state index contributed by atoms with van der Waals surface area (Å²) >= 11 is 0. The van der Waals surface area contributed by atoms with Crippen LogP contribution in [0, 0.1) is 0 Å². The van der Waals surface area contributed by atoms with E-state index in [2.05, 4.69) is 44.5 Å². The van der Waals surface area contributed by atoms with Crippen LogP contribution in [0.1, 0.15) is 5.56 Å². The lowest BCUT2D eigenvalue weighted by atomic mass is 10.1. The summed E-state index contributed by atoms with van der Waals surface area (Å²) < 4.78 is 1.79. The van der Waals surface area contributed by atoms with Crippen LogP contribution in [0.15, 0.2) is 53.6 Å². The fraction of sp³-hybridized carbons (Fsp3) is 0.167. The summed E-state index contributed by atoms with van der Waals surface area (Å²) in [7, 11) is 0. The highest BCUT2D eigenvalue weighted by atomic mass is 16.3. The van der Waals surface area contributed by atoms with E-state index < -0.39 is 0 Å². The number of nitrogens with one attached hydrogen (secondary N) is 2. The average Bonchev–Trinajstić information content (AvgIpc) is 3.03. The Morgan fingerprint density at radius 2 is 2.00 bits per heavy atom. The molecule has 3 N–H and O–H groups in total. The molecule has 7 nitrogen and oxygen atoms in total. The second-order valence-electron chi connectivity index (χ2n) is 5.79. The SMILES string of the molecule is O=c1[nH]c(NCCO)nc2ncn(Cc3ccc4ccccc4c3)c12. The van der Waals surface area contributed by atoms with Gasteiger partial charge in [-0.25, -0.2) is 4.98 Å². The van der Waals surface area contributed by atoms with Gasteiger partial charge in [0, 0.05) is 13.1 Å². The van der Waals surface area contributed by atoms with Crippen molar-refractivity contribution in [2.75, 3.05) is 18.5 Å². The summed E-state index contributed by atoms with van der Waals surface area (Å²) in [6.07, 6.45) is 1.62. The van der Waals surface area contributed by atoms with E-state index in [1.807, 2.05) is 18.2 Å². The Balaban J connectivity index is 1.70. The zero-order chi connectivity index (χ0) is 17.2. The Morgan fingerprint density at radius 1 is 1.16 bits per heavy atom. The Hall–Kier alpha value is -3.19. The first kappa shape index (κ1) is 15.3. The third-order valence-corrected chi connectivity index (χ3v) is 4.05. The second-order valence-corrected chi connectivity index (χ2v) is 5.79. The molecule has 0 atom stereocenters. The Morgan fingerprint density at radius 3 is 2.84 bits per heavy atom. The van der Waals surface area contributed by atoms with Gasteiger partial charge in [-0.05, 0) is 22.4 Å². The molecule has 0 fully saturated rings. The highest BCUT2D eigenvalue weighted by molar-refractivity contribution is 5.83. The van der Waals surface area contributed by atoms with Gasteiger partial charge in [-0.1, -0.05) is 36.4 Å². The largest absolute Gasteiger partial charge is 0.395 e. The predicted octanol–water partition coefficient (Wildman–Crippen LogP) is 1.73. The Kier molecular flexibility index (Phi) is 3.91. The second kappa shape index (κ2) is 6.37. The van der Waals surface area contributed by atoms with E-state index in [-0.39, 0.29) is 12.2 Å². The Bertz CT molecular complexity index is 1100. The first-order valence-electron chi connectivity index (χ1n) is 8.02. The molecule has 0 bridgehead atoms. The summed E-state index contributed by atoms with van der Waals surface area (Å²) in [5.74, 6) is 0.308. The monoisotopic (exact) mass is 335 g/mol. The third kappa shape index (κ3) is 2.97. The highest BCUT2D eigenvalue weighted by Gasteiger charge is 2.11. The fourth-order valence-corrected chi connectivity index (χ4v) is 2.90. The van der Waals surface area contributed by atoms with Gasteiger partial charge in [0.2, 0.25) is 5.95 Å². The lowest BCUT2D eigenvalue weighted by molar-refractivity contribution is 0.311. The van der Waals surface area contributed by atoms with Gasteiger partial charge in [0.25, 0.3) is 5.56 Å². The van der Waals surface area contributed by atoms with Crippen molar-refractivity contribution in [1.29, 1.82) is 0 Å². The molecular formula is C18H17N5O2. The van der Waals surface area contributed by atoms with Crippen LogP contribution in [0.25, 0.3) is 21.9 Å². The molecule has 0 aliphatic carbocycles. The molecule has 4 rings (SSSR count). The van der Waals surface area contributed by atoms with Gasteiger partial charge in [-0.3, -0.25) is 9.78 Å². The van der Waals surface area contributed by atoms with Crippen molar-refractivity contribution in [3.63, 3.8) is 0 Å². The van der Waals surface area contributed by atoms with E-state index >= 15 is 0 Å². The number of H-pyrrole nitrogens is 1. The number of aromatic amines is 1. The van der Waals surface area contributed by atoms with Crippen molar-refractivity contribution in [2.45, 2.75) is 6.54 Å². The number of aliphatic hydroxyl groups is 1. The maximum absolute atomic E-state index is 12.4. The van der Waals surface area contributed by atoms with E-state index in [0.717, 1.165) is 10.9 Å². The third-order valence-electron chi connectivity index (χ3n) is 4.05. The summed E-state index contributed by atoms with van der Waals surface area (Å²) in [4.78, 5) is 23.6. The number of rotatable bonds is 5. The van der Waals surface area contributed by atoms with Crippen LogP contribution in [0.2, 0.25) is 0 Å². The van der Waals surface area contributed by atoms with Crippen LogP contribution in [0.4, 0.5) is 5.95 Å². The normalized spacial score (nSPS) is 11.2. The minimum atomic E-state index is -0.260. The van der Waals surface area contributed by atoms with E-state index in [1.54, 1.807) is 10.9 Å².